The lowest BCUT2D eigenvalue weighted by molar-refractivity contribution is -0.123. The molecule has 0 N–H and O–H groups in total. The first-order valence-corrected chi connectivity index (χ1v) is 13.3. The van der Waals surface area contributed by atoms with Gasteiger partial charge in [-0.2, -0.15) is 0 Å². The third-order valence-corrected chi connectivity index (χ3v) is 7.04. The number of halogens is 3. The number of ether oxygens (including phenoxy) is 2. The van der Waals surface area contributed by atoms with Crippen LogP contribution in [0.15, 0.2) is 44.7 Å². The van der Waals surface area contributed by atoms with Gasteiger partial charge < -0.3 is 9.47 Å². The van der Waals surface area contributed by atoms with Gasteiger partial charge in [-0.1, -0.05) is 45.2 Å². The van der Waals surface area contributed by atoms with Crippen molar-refractivity contribution in [1.82, 2.24) is 4.90 Å². The standard InChI is InChI=1S/C25H27BrCl2N2O3S/c1-6-32-21-9-17(10-23-24(31)30(15(4)5)25(34-23)29-14(2)3)19(26)12-22(21)33-13-16-7-8-18(27)11-20(16)28/h7-12,14-15H,6,13H2,1-5H3/b23-10+,29-25?. The first-order chi connectivity index (χ1) is 16.1. The van der Waals surface area contributed by atoms with E-state index in [2.05, 4.69) is 20.9 Å². The largest absolute Gasteiger partial charge is 0.490 e. The van der Waals surface area contributed by atoms with Crippen LogP contribution in [0.25, 0.3) is 6.08 Å². The molecule has 0 aliphatic carbocycles. The molecule has 0 atom stereocenters. The summed E-state index contributed by atoms with van der Waals surface area (Å²) in [6, 6.07) is 9.11. The van der Waals surface area contributed by atoms with Gasteiger partial charge in [0.1, 0.15) is 6.61 Å². The van der Waals surface area contributed by atoms with E-state index in [-0.39, 0.29) is 24.6 Å². The Morgan fingerprint density at radius 2 is 1.82 bits per heavy atom. The average molecular weight is 586 g/mol. The van der Waals surface area contributed by atoms with Gasteiger partial charge in [0.2, 0.25) is 0 Å². The number of carbonyl (C=O) groups is 1. The highest BCUT2D eigenvalue weighted by atomic mass is 79.9. The van der Waals surface area contributed by atoms with Crippen LogP contribution in [0, 0.1) is 0 Å². The predicted octanol–water partition coefficient (Wildman–Crippen LogP) is 7.82. The number of hydrogen-bond acceptors (Lipinski definition) is 5. The Morgan fingerprint density at radius 1 is 1.12 bits per heavy atom. The summed E-state index contributed by atoms with van der Waals surface area (Å²) >= 11 is 17.3. The summed E-state index contributed by atoms with van der Waals surface area (Å²) in [5, 5.41) is 1.83. The maximum Gasteiger partial charge on any atom is 0.266 e. The van der Waals surface area contributed by atoms with Gasteiger partial charge in [-0.05, 0) is 82.3 Å². The fourth-order valence-corrected chi connectivity index (χ4v) is 5.35. The van der Waals surface area contributed by atoms with Gasteiger partial charge in [-0.3, -0.25) is 14.7 Å². The van der Waals surface area contributed by atoms with E-state index in [0.717, 1.165) is 20.8 Å². The van der Waals surface area contributed by atoms with E-state index >= 15 is 0 Å². The number of hydrogen-bond donors (Lipinski definition) is 0. The van der Waals surface area contributed by atoms with Crippen molar-refractivity contribution in [3.8, 4) is 11.5 Å². The number of aliphatic imine (C=N–C) groups is 1. The molecule has 34 heavy (non-hydrogen) atoms. The summed E-state index contributed by atoms with van der Waals surface area (Å²) in [5.41, 5.74) is 1.63. The van der Waals surface area contributed by atoms with Crippen molar-refractivity contribution in [3.05, 3.63) is 60.9 Å². The monoisotopic (exact) mass is 584 g/mol. The Bertz CT molecular complexity index is 1140. The van der Waals surface area contributed by atoms with Crippen molar-refractivity contribution in [2.24, 2.45) is 4.99 Å². The fraction of sp³-hybridized carbons (Fsp3) is 0.360. The molecule has 3 rings (SSSR count). The Kier molecular flexibility index (Phi) is 9.38. The smallest absolute Gasteiger partial charge is 0.266 e. The quantitative estimate of drug-likeness (QED) is 0.296. The molecule has 5 nitrogen and oxygen atoms in total. The highest BCUT2D eigenvalue weighted by molar-refractivity contribution is 9.10. The van der Waals surface area contributed by atoms with Gasteiger partial charge in [-0.25, -0.2) is 0 Å². The maximum atomic E-state index is 13.1. The molecule has 1 aliphatic rings. The number of nitrogens with zero attached hydrogens (tertiary/aromatic N) is 2. The third kappa shape index (κ3) is 6.51. The molecule has 0 saturated carbocycles. The van der Waals surface area contributed by atoms with E-state index in [1.165, 1.54) is 11.8 Å². The number of benzene rings is 2. The first-order valence-electron chi connectivity index (χ1n) is 10.9. The first kappa shape index (κ1) is 26.9. The van der Waals surface area contributed by atoms with Crippen LogP contribution in [-0.4, -0.2) is 34.7 Å². The van der Waals surface area contributed by atoms with E-state index in [1.54, 1.807) is 17.0 Å². The van der Waals surface area contributed by atoms with Gasteiger partial charge in [0.05, 0.1) is 11.5 Å². The highest BCUT2D eigenvalue weighted by Gasteiger charge is 2.35. The van der Waals surface area contributed by atoms with Crippen LogP contribution in [0.3, 0.4) is 0 Å². The second-order valence-electron chi connectivity index (χ2n) is 8.16. The van der Waals surface area contributed by atoms with E-state index in [4.69, 9.17) is 32.7 Å². The lowest BCUT2D eigenvalue weighted by Crippen LogP contribution is -2.35. The zero-order valence-corrected chi connectivity index (χ0v) is 23.6. The second kappa shape index (κ2) is 11.8. The van der Waals surface area contributed by atoms with Crippen molar-refractivity contribution in [1.29, 1.82) is 0 Å². The number of rotatable bonds is 8. The Hall–Kier alpha value is -1.67. The molecule has 1 amide bonds. The number of carbonyl (C=O) groups excluding carboxylic acids is 1. The van der Waals surface area contributed by atoms with Crippen LogP contribution in [0.4, 0.5) is 0 Å². The molecule has 1 fully saturated rings. The third-order valence-electron chi connectivity index (χ3n) is 4.77. The van der Waals surface area contributed by atoms with Crippen molar-refractivity contribution < 1.29 is 14.3 Å². The summed E-state index contributed by atoms with van der Waals surface area (Å²) in [6.07, 6.45) is 1.86. The van der Waals surface area contributed by atoms with E-state index < -0.39 is 0 Å². The van der Waals surface area contributed by atoms with Crippen LogP contribution >= 0.6 is 50.9 Å². The van der Waals surface area contributed by atoms with Gasteiger partial charge in [0.15, 0.2) is 16.7 Å². The molecular weight excluding hydrogens is 559 g/mol. The highest BCUT2D eigenvalue weighted by Crippen LogP contribution is 2.39. The van der Waals surface area contributed by atoms with E-state index in [0.29, 0.717) is 33.1 Å². The van der Waals surface area contributed by atoms with Gasteiger partial charge >= 0.3 is 0 Å². The Balaban J connectivity index is 1.91. The normalized spacial score (nSPS) is 16.4. The molecule has 1 aliphatic heterocycles. The lowest BCUT2D eigenvalue weighted by Gasteiger charge is -2.20. The minimum Gasteiger partial charge on any atom is -0.490 e. The minimum absolute atomic E-state index is 0.0151. The number of amides is 1. The average Bonchev–Trinajstić information content (AvgIpc) is 3.04. The topological polar surface area (TPSA) is 51.1 Å². The molecule has 2 aromatic carbocycles. The molecule has 0 unspecified atom stereocenters. The zero-order chi connectivity index (χ0) is 25.0. The van der Waals surface area contributed by atoms with E-state index in [1.807, 2.05) is 58.9 Å². The summed E-state index contributed by atoms with van der Waals surface area (Å²) < 4.78 is 12.6. The van der Waals surface area contributed by atoms with Gasteiger partial charge in [-0.15, -0.1) is 0 Å². The molecule has 182 valence electrons. The van der Waals surface area contributed by atoms with Crippen LogP contribution in [-0.2, 0) is 11.4 Å². The molecule has 1 saturated heterocycles. The predicted molar refractivity (Wildman–Crippen MR) is 146 cm³/mol. The number of amidine groups is 1. The Morgan fingerprint density at radius 3 is 2.44 bits per heavy atom. The zero-order valence-electron chi connectivity index (χ0n) is 19.7. The van der Waals surface area contributed by atoms with E-state index in [9.17, 15) is 4.79 Å². The van der Waals surface area contributed by atoms with Crippen LogP contribution in [0.2, 0.25) is 10.0 Å². The van der Waals surface area contributed by atoms with Crippen molar-refractivity contribution in [2.45, 2.75) is 53.3 Å². The number of thioether (sulfide) groups is 1. The van der Waals surface area contributed by atoms with Gasteiger partial charge in [0, 0.05) is 32.2 Å². The molecule has 0 radical (unpaired) electrons. The Labute approximate surface area is 223 Å². The molecule has 2 aromatic rings. The minimum atomic E-state index is -0.0537. The molecule has 0 bridgehead atoms. The summed E-state index contributed by atoms with van der Waals surface area (Å²) in [6.45, 7) is 10.6. The van der Waals surface area contributed by atoms with Crippen molar-refractivity contribution >= 4 is 68.0 Å². The van der Waals surface area contributed by atoms with Crippen molar-refractivity contribution in [3.63, 3.8) is 0 Å². The summed E-state index contributed by atoms with van der Waals surface area (Å²) in [5.74, 6) is 1.09. The molecular formula is C25H27BrCl2N2O3S. The SMILES string of the molecule is CCOc1cc(/C=C2/SC(=NC(C)C)N(C(C)C)C2=O)c(Br)cc1OCc1ccc(Cl)cc1Cl. The molecule has 0 spiro atoms. The van der Waals surface area contributed by atoms with Crippen LogP contribution < -0.4 is 9.47 Å². The van der Waals surface area contributed by atoms with Crippen LogP contribution in [0.5, 0.6) is 11.5 Å². The second-order valence-corrected chi connectivity index (χ2v) is 10.9. The molecule has 0 aromatic heterocycles. The summed E-state index contributed by atoms with van der Waals surface area (Å²) in [7, 11) is 0. The fourth-order valence-electron chi connectivity index (χ4n) is 3.23. The molecule has 9 heteroatoms. The van der Waals surface area contributed by atoms with Crippen LogP contribution in [0.1, 0.15) is 45.7 Å². The van der Waals surface area contributed by atoms with Gasteiger partial charge in [0.25, 0.3) is 5.91 Å². The lowest BCUT2D eigenvalue weighted by atomic mass is 10.1. The molecule has 1 heterocycles. The summed E-state index contributed by atoms with van der Waals surface area (Å²) in [4.78, 5) is 20.1. The van der Waals surface area contributed by atoms with Crippen molar-refractivity contribution in [2.75, 3.05) is 6.61 Å². The maximum absolute atomic E-state index is 13.1.